The number of aromatic nitrogens is 3. The standard InChI is InChI=1S/C23H19ClN4O4/c24-15-6-8-16(9-7-15)27-20(29)18-11-10-17(12-19(18)21(27)30)28-23(32)26(22(31)25-28)13-14-4-2-1-3-5-14/h1-11,17-19H,12-13H2,(H,25,31). The van der Waals surface area contributed by atoms with E-state index in [1.165, 1.54) is 9.58 Å². The van der Waals surface area contributed by atoms with Crippen molar-refractivity contribution in [2.75, 3.05) is 4.90 Å². The molecule has 2 amide bonds. The van der Waals surface area contributed by atoms with E-state index >= 15 is 0 Å². The van der Waals surface area contributed by atoms with Gasteiger partial charge in [-0.2, -0.15) is 0 Å². The quantitative estimate of drug-likeness (QED) is 0.487. The van der Waals surface area contributed by atoms with Crippen LogP contribution in [0, 0.1) is 11.8 Å². The summed E-state index contributed by atoms with van der Waals surface area (Å²) in [4.78, 5) is 52.5. The molecular formula is C23H19ClN4O4. The van der Waals surface area contributed by atoms with E-state index in [4.69, 9.17) is 11.6 Å². The predicted molar refractivity (Wildman–Crippen MR) is 119 cm³/mol. The molecule has 32 heavy (non-hydrogen) atoms. The zero-order valence-electron chi connectivity index (χ0n) is 16.8. The second-order valence-corrected chi connectivity index (χ2v) is 8.39. The first kappa shape index (κ1) is 20.3. The molecule has 0 bridgehead atoms. The van der Waals surface area contributed by atoms with Crippen molar-refractivity contribution in [2.24, 2.45) is 11.8 Å². The number of hydrogen-bond acceptors (Lipinski definition) is 4. The molecule has 1 aliphatic carbocycles. The summed E-state index contributed by atoms with van der Waals surface area (Å²) >= 11 is 5.92. The van der Waals surface area contributed by atoms with Gasteiger partial charge in [0.1, 0.15) is 0 Å². The number of halogens is 1. The number of H-pyrrole nitrogens is 1. The molecule has 3 atom stereocenters. The lowest BCUT2D eigenvalue weighted by molar-refractivity contribution is -0.122. The van der Waals surface area contributed by atoms with E-state index < -0.39 is 29.3 Å². The summed E-state index contributed by atoms with van der Waals surface area (Å²) in [5, 5.41) is 3.10. The Hall–Kier alpha value is -3.65. The van der Waals surface area contributed by atoms with Gasteiger partial charge in [0.25, 0.3) is 0 Å². The fourth-order valence-corrected chi connectivity index (χ4v) is 4.52. The Morgan fingerprint density at radius 2 is 1.62 bits per heavy atom. The first-order valence-electron chi connectivity index (χ1n) is 10.2. The molecule has 162 valence electrons. The van der Waals surface area contributed by atoms with E-state index in [9.17, 15) is 19.2 Å². The van der Waals surface area contributed by atoms with Crippen LogP contribution >= 0.6 is 11.6 Å². The van der Waals surface area contributed by atoms with E-state index in [2.05, 4.69) is 5.10 Å². The number of hydrogen-bond donors (Lipinski definition) is 1. The third kappa shape index (κ3) is 3.33. The Bertz CT molecular complexity index is 1340. The van der Waals surface area contributed by atoms with Crippen LogP contribution in [0.15, 0.2) is 76.3 Å². The fourth-order valence-electron chi connectivity index (χ4n) is 4.39. The summed E-state index contributed by atoms with van der Waals surface area (Å²) in [6.45, 7) is 0.145. The number of rotatable bonds is 4. The third-order valence-corrected chi connectivity index (χ3v) is 6.26. The molecule has 3 aromatic rings. The second-order valence-electron chi connectivity index (χ2n) is 7.95. The molecule has 1 aliphatic heterocycles. The Kier molecular flexibility index (Phi) is 4.94. The summed E-state index contributed by atoms with van der Waals surface area (Å²) in [6, 6.07) is 15.2. The largest absolute Gasteiger partial charge is 0.347 e. The van der Waals surface area contributed by atoms with Crippen molar-refractivity contribution in [2.45, 2.75) is 19.0 Å². The van der Waals surface area contributed by atoms with Gasteiger partial charge in [0.15, 0.2) is 0 Å². The predicted octanol–water partition coefficient (Wildman–Crippen LogP) is 2.35. The zero-order chi connectivity index (χ0) is 22.4. The average Bonchev–Trinajstić information content (AvgIpc) is 3.22. The highest BCUT2D eigenvalue weighted by atomic mass is 35.5. The summed E-state index contributed by atoms with van der Waals surface area (Å²) in [5.41, 5.74) is 0.278. The zero-order valence-corrected chi connectivity index (χ0v) is 17.6. The number of imide groups is 1. The normalized spacial score (nSPS) is 22.4. The molecule has 1 N–H and O–H groups in total. The maximum atomic E-state index is 13.1. The van der Waals surface area contributed by atoms with Gasteiger partial charge in [0.2, 0.25) is 11.8 Å². The molecule has 9 heteroatoms. The Balaban J connectivity index is 1.42. The van der Waals surface area contributed by atoms with E-state index in [0.717, 1.165) is 10.1 Å². The van der Waals surface area contributed by atoms with Crippen molar-refractivity contribution in [3.8, 4) is 0 Å². The fraction of sp³-hybridized carbons (Fsp3) is 0.217. The van der Waals surface area contributed by atoms with Crippen LogP contribution < -0.4 is 16.3 Å². The number of nitrogens with one attached hydrogen (secondary N) is 1. The smallest absolute Gasteiger partial charge is 0.274 e. The van der Waals surface area contributed by atoms with Crippen LogP contribution in [0.25, 0.3) is 0 Å². The first-order chi connectivity index (χ1) is 15.4. The Morgan fingerprint density at radius 3 is 2.34 bits per heavy atom. The van der Waals surface area contributed by atoms with Gasteiger partial charge in [-0.15, -0.1) is 0 Å². The summed E-state index contributed by atoms with van der Waals surface area (Å²) in [6.07, 6.45) is 3.61. The number of aromatic amines is 1. The number of fused-ring (bicyclic) bond motifs is 1. The number of carbonyl (C=O) groups is 2. The van der Waals surface area contributed by atoms with Crippen molar-refractivity contribution in [1.82, 2.24) is 14.3 Å². The lowest BCUT2D eigenvalue weighted by atomic mass is 9.84. The molecule has 2 aliphatic rings. The molecule has 2 aromatic carbocycles. The van der Waals surface area contributed by atoms with Gasteiger partial charge in [0.05, 0.1) is 30.1 Å². The highest BCUT2D eigenvalue weighted by Gasteiger charge is 2.49. The Morgan fingerprint density at radius 1 is 0.906 bits per heavy atom. The monoisotopic (exact) mass is 450 g/mol. The van der Waals surface area contributed by atoms with Crippen LogP contribution in [-0.4, -0.2) is 26.2 Å². The van der Waals surface area contributed by atoms with Gasteiger partial charge in [-0.1, -0.05) is 54.1 Å². The average molecular weight is 451 g/mol. The van der Waals surface area contributed by atoms with Crippen LogP contribution in [0.4, 0.5) is 5.69 Å². The van der Waals surface area contributed by atoms with E-state index in [1.54, 1.807) is 36.4 Å². The van der Waals surface area contributed by atoms with Gasteiger partial charge in [-0.3, -0.25) is 9.59 Å². The molecule has 1 fully saturated rings. The highest BCUT2D eigenvalue weighted by Crippen LogP contribution is 2.40. The van der Waals surface area contributed by atoms with E-state index in [1.807, 2.05) is 30.3 Å². The van der Waals surface area contributed by atoms with Crippen molar-refractivity contribution in [1.29, 1.82) is 0 Å². The van der Waals surface area contributed by atoms with Crippen LogP contribution in [0.1, 0.15) is 18.0 Å². The molecule has 2 heterocycles. The number of anilines is 1. The number of carbonyl (C=O) groups excluding carboxylic acids is 2. The first-order valence-corrected chi connectivity index (χ1v) is 10.6. The molecule has 3 unspecified atom stereocenters. The van der Waals surface area contributed by atoms with Crippen molar-refractivity contribution >= 4 is 29.1 Å². The van der Waals surface area contributed by atoms with Gasteiger partial charge in [0, 0.05) is 5.02 Å². The SMILES string of the molecule is O=C1C2C=CC(n3[nH]c(=O)n(Cc4ccccc4)c3=O)CC2C(=O)N1c1ccc(Cl)cc1. The highest BCUT2D eigenvalue weighted by molar-refractivity contribution is 6.30. The topological polar surface area (TPSA) is 97.2 Å². The van der Waals surface area contributed by atoms with Crippen LogP contribution in [0.2, 0.25) is 5.02 Å². The van der Waals surface area contributed by atoms with Crippen molar-refractivity contribution in [3.05, 3.63) is 98.3 Å². The van der Waals surface area contributed by atoms with Crippen molar-refractivity contribution in [3.63, 3.8) is 0 Å². The van der Waals surface area contributed by atoms with E-state index in [-0.39, 0.29) is 24.8 Å². The molecule has 1 saturated heterocycles. The molecule has 1 aromatic heterocycles. The summed E-state index contributed by atoms with van der Waals surface area (Å²) in [7, 11) is 0. The maximum Gasteiger partial charge on any atom is 0.347 e. The minimum atomic E-state index is -0.610. The molecular weight excluding hydrogens is 432 g/mol. The van der Waals surface area contributed by atoms with Crippen molar-refractivity contribution < 1.29 is 9.59 Å². The molecule has 5 rings (SSSR count). The van der Waals surface area contributed by atoms with Gasteiger partial charge < -0.3 is 0 Å². The minimum absolute atomic E-state index is 0.145. The molecule has 0 radical (unpaired) electrons. The number of amides is 2. The molecule has 8 nitrogen and oxygen atoms in total. The molecule has 0 spiro atoms. The molecule has 0 saturated carbocycles. The number of benzene rings is 2. The van der Waals surface area contributed by atoms with Gasteiger partial charge in [-0.25, -0.2) is 28.8 Å². The second kappa shape index (κ2) is 7.80. The van der Waals surface area contributed by atoms with Crippen LogP contribution in [-0.2, 0) is 16.1 Å². The lowest BCUT2D eigenvalue weighted by Crippen LogP contribution is -2.33. The minimum Gasteiger partial charge on any atom is -0.274 e. The summed E-state index contributed by atoms with van der Waals surface area (Å²) in [5.74, 6) is -1.83. The van der Waals surface area contributed by atoms with Crippen LogP contribution in [0.3, 0.4) is 0 Å². The lowest BCUT2D eigenvalue weighted by Gasteiger charge is -2.23. The third-order valence-electron chi connectivity index (χ3n) is 6.01. The maximum absolute atomic E-state index is 13.1. The van der Waals surface area contributed by atoms with Gasteiger partial charge >= 0.3 is 11.4 Å². The Labute approximate surface area is 187 Å². The van der Waals surface area contributed by atoms with Gasteiger partial charge in [-0.05, 0) is 36.2 Å². The van der Waals surface area contributed by atoms with Crippen LogP contribution in [0.5, 0.6) is 0 Å². The van der Waals surface area contributed by atoms with E-state index in [0.29, 0.717) is 10.7 Å². The number of nitrogens with zero attached hydrogens (tertiary/aromatic N) is 3. The summed E-state index contributed by atoms with van der Waals surface area (Å²) < 4.78 is 2.36. The number of allylic oxidation sites excluding steroid dienone is 1.